The second-order valence-electron chi connectivity index (χ2n) is 4.98. The standard InChI is InChI=1S/C16H17NOS/c18-16(6-5-12-7-8-19-11-12)15-10-17-9-13-3-1-2-4-14(13)15/h1-4,7-8,11,15,17H,5-6,9-10H2. The molecule has 1 atom stereocenters. The molecule has 0 radical (unpaired) electrons. The van der Waals surface area contributed by atoms with Crippen LogP contribution in [0.25, 0.3) is 0 Å². The van der Waals surface area contributed by atoms with E-state index >= 15 is 0 Å². The largest absolute Gasteiger partial charge is 0.312 e. The summed E-state index contributed by atoms with van der Waals surface area (Å²) in [6.07, 6.45) is 1.50. The van der Waals surface area contributed by atoms with Crippen LogP contribution in [-0.2, 0) is 17.8 Å². The molecule has 3 heteroatoms. The minimum Gasteiger partial charge on any atom is -0.312 e. The maximum absolute atomic E-state index is 12.4. The first kappa shape index (κ1) is 12.6. The highest BCUT2D eigenvalue weighted by molar-refractivity contribution is 7.07. The fraction of sp³-hybridized carbons (Fsp3) is 0.312. The highest BCUT2D eigenvalue weighted by Gasteiger charge is 2.25. The number of carbonyl (C=O) groups is 1. The van der Waals surface area contributed by atoms with E-state index in [4.69, 9.17) is 0 Å². The lowest BCUT2D eigenvalue weighted by atomic mass is 9.86. The van der Waals surface area contributed by atoms with Gasteiger partial charge in [0.2, 0.25) is 0 Å². The number of Topliss-reactive ketones (excluding diaryl/α,β-unsaturated/α-hetero) is 1. The number of ketones is 1. The lowest BCUT2D eigenvalue weighted by molar-refractivity contribution is -0.120. The van der Waals surface area contributed by atoms with E-state index in [0.717, 1.165) is 19.5 Å². The Morgan fingerprint density at radius 3 is 3.05 bits per heavy atom. The fourth-order valence-corrected chi connectivity index (χ4v) is 3.36. The molecule has 0 fully saturated rings. The topological polar surface area (TPSA) is 29.1 Å². The lowest BCUT2D eigenvalue weighted by Gasteiger charge is -2.25. The Labute approximate surface area is 117 Å². The first-order valence-corrected chi connectivity index (χ1v) is 7.61. The SMILES string of the molecule is O=C(CCc1ccsc1)C1CNCc2ccccc21. The van der Waals surface area contributed by atoms with Crippen LogP contribution in [0.4, 0.5) is 0 Å². The molecular formula is C16H17NOS. The van der Waals surface area contributed by atoms with Crippen molar-refractivity contribution in [3.8, 4) is 0 Å². The van der Waals surface area contributed by atoms with Crippen LogP contribution in [0.5, 0.6) is 0 Å². The van der Waals surface area contributed by atoms with Gasteiger partial charge in [-0.25, -0.2) is 0 Å². The Balaban J connectivity index is 1.71. The van der Waals surface area contributed by atoms with Gasteiger partial charge in [0.25, 0.3) is 0 Å². The number of carbonyl (C=O) groups excluding carboxylic acids is 1. The van der Waals surface area contributed by atoms with Gasteiger partial charge < -0.3 is 5.32 Å². The molecule has 2 nitrogen and oxygen atoms in total. The smallest absolute Gasteiger partial charge is 0.141 e. The zero-order valence-corrected chi connectivity index (χ0v) is 11.6. The van der Waals surface area contributed by atoms with Crippen molar-refractivity contribution in [1.82, 2.24) is 5.32 Å². The Kier molecular flexibility index (Phi) is 3.76. The molecule has 1 aliphatic heterocycles. The van der Waals surface area contributed by atoms with Crippen LogP contribution >= 0.6 is 11.3 Å². The molecule has 0 aliphatic carbocycles. The van der Waals surface area contributed by atoms with Gasteiger partial charge in [0.15, 0.2) is 0 Å². The number of fused-ring (bicyclic) bond motifs is 1. The second-order valence-corrected chi connectivity index (χ2v) is 5.76. The maximum atomic E-state index is 12.4. The summed E-state index contributed by atoms with van der Waals surface area (Å²) in [6.45, 7) is 1.66. The number of rotatable bonds is 4. The summed E-state index contributed by atoms with van der Waals surface area (Å²) in [6, 6.07) is 10.4. The zero-order chi connectivity index (χ0) is 13.1. The molecular weight excluding hydrogens is 254 g/mol. The van der Waals surface area contributed by atoms with Gasteiger partial charge in [-0.15, -0.1) is 0 Å². The van der Waals surface area contributed by atoms with Crippen LogP contribution < -0.4 is 5.32 Å². The highest BCUT2D eigenvalue weighted by Crippen LogP contribution is 2.26. The summed E-state index contributed by atoms with van der Waals surface area (Å²) in [5.74, 6) is 0.384. The van der Waals surface area contributed by atoms with Gasteiger partial charge in [0, 0.05) is 19.5 Å². The Hall–Kier alpha value is -1.45. The predicted molar refractivity (Wildman–Crippen MR) is 78.5 cm³/mol. The molecule has 3 rings (SSSR count). The third kappa shape index (κ3) is 2.77. The number of nitrogens with one attached hydrogen (secondary N) is 1. The number of hydrogen-bond acceptors (Lipinski definition) is 3. The van der Waals surface area contributed by atoms with Gasteiger partial charge in [-0.3, -0.25) is 4.79 Å². The van der Waals surface area contributed by atoms with Crippen molar-refractivity contribution < 1.29 is 4.79 Å². The van der Waals surface area contributed by atoms with Crippen LogP contribution in [-0.4, -0.2) is 12.3 Å². The molecule has 0 spiro atoms. The quantitative estimate of drug-likeness (QED) is 0.925. The molecule has 98 valence electrons. The van der Waals surface area contributed by atoms with Crippen LogP contribution in [0.3, 0.4) is 0 Å². The van der Waals surface area contributed by atoms with Crippen molar-refractivity contribution in [3.05, 3.63) is 57.8 Å². The summed E-state index contributed by atoms with van der Waals surface area (Å²) in [4.78, 5) is 12.4. The van der Waals surface area contributed by atoms with Crippen LogP contribution in [0.1, 0.15) is 29.0 Å². The summed E-state index contributed by atoms with van der Waals surface area (Å²) >= 11 is 1.69. The van der Waals surface area contributed by atoms with Gasteiger partial charge in [0.05, 0.1) is 5.92 Å². The number of benzene rings is 1. The molecule has 1 unspecified atom stereocenters. The minimum atomic E-state index is 0.0311. The van der Waals surface area contributed by atoms with Gasteiger partial charge in [0.1, 0.15) is 5.78 Å². The maximum Gasteiger partial charge on any atom is 0.141 e. The molecule has 19 heavy (non-hydrogen) atoms. The monoisotopic (exact) mass is 271 g/mol. The average molecular weight is 271 g/mol. The molecule has 0 amide bonds. The fourth-order valence-electron chi connectivity index (χ4n) is 2.66. The molecule has 0 saturated carbocycles. The second kappa shape index (κ2) is 5.68. The van der Waals surface area contributed by atoms with E-state index in [9.17, 15) is 4.79 Å². The van der Waals surface area contributed by atoms with Crippen molar-refractivity contribution in [2.24, 2.45) is 0 Å². The Morgan fingerprint density at radius 2 is 2.21 bits per heavy atom. The van der Waals surface area contributed by atoms with E-state index in [1.165, 1.54) is 16.7 Å². The van der Waals surface area contributed by atoms with Crippen LogP contribution in [0.2, 0.25) is 0 Å². The summed E-state index contributed by atoms with van der Waals surface area (Å²) in [7, 11) is 0. The Morgan fingerprint density at radius 1 is 1.32 bits per heavy atom. The first-order chi connectivity index (χ1) is 9.34. The Bertz CT molecular complexity index is 562. The van der Waals surface area contributed by atoms with E-state index in [1.54, 1.807) is 11.3 Å². The molecule has 1 aliphatic rings. The van der Waals surface area contributed by atoms with E-state index in [0.29, 0.717) is 12.2 Å². The molecule has 0 saturated heterocycles. The van der Waals surface area contributed by atoms with Crippen molar-refractivity contribution in [1.29, 1.82) is 0 Å². The van der Waals surface area contributed by atoms with E-state index in [-0.39, 0.29) is 5.92 Å². The first-order valence-electron chi connectivity index (χ1n) is 6.67. The van der Waals surface area contributed by atoms with Crippen molar-refractivity contribution in [2.45, 2.75) is 25.3 Å². The molecule has 2 heterocycles. The van der Waals surface area contributed by atoms with Gasteiger partial charge >= 0.3 is 0 Å². The third-order valence-corrected chi connectivity index (χ3v) is 4.46. The summed E-state index contributed by atoms with van der Waals surface area (Å²) < 4.78 is 0. The third-order valence-electron chi connectivity index (χ3n) is 3.72. The van der Waals surface area contributed by atoms with Crippen molar-refractivity contribution in [2.75, 3.05) is 6.54 Å². The molecule has 2 aromatic rings. The van der Waals surface area contributed by atoms with Gasteiger partial charge in [-0.05, 0) is 39.9 Å². The molecule has 1 N–H and O–H groups in total. The average Bonchev–Trinajstić information content (AvgIpc) is 2.97. The lowest BCUT2D eigenvalue weighted by Crippen LogP contribution is -2.32. The molecule has 1 aromatic carbocycles. The number of aryl methyl sites for hydroxylation is 1. The van der Waals surface area contributed by atoms with E-state index in [2.05, 4.69) is 34.3 Å². The number of thiophene rings is 1. The molecule has 1 aromatic heterocycles. The molecule has 0 bridgehead atoms. The number of hydrogen-bond donors (Lipinski definition) is 1. The van der Waals surface area contributed by atoms with E-state index < -0.39 is 0 Å². The van der Waals surface area contributed by atoms with Gasteiger partial charge in [-0.1, -0.05) is 24.3 Å². The van der Waals surface area contributed by atoms with E-state index in [1.807, 2.05) is 12.1 Å². The predicted octanol–water partition coefficient (Wildman–Crippen LogP) is 3.14. The van der Waals surface area contributed by atoms with Crippen molar-refractivity contribution >= 4 is 17.1 Å². The van der Waals surface area contributed by atoms with Crippen molar-refractivity contribution in [3.63, 3.8) is 0 Å². The minimum absolute atomic E-state index is 0.0311. The summed E-state index contributed by atoms with van der Waals surface area (Å²) in [5.41, 5.74) is 3.76. The normalized spacial score (nSPS) is 18.0. The van der Waals surface area contributed by atoms with Crippen LogP contribution in [0.15, 0.2) is 41.1 Å². The summed E-state index contributed by atoms with van der Waals surface area (Å²) in [5, 5.41) is 7.54. The highest BCUT2D eigenvalue weighted by atomic mass is 32.1. The van der Waals surface area contributed by atoms with Gasteiger partial charge in [-0.2, -0.15) is 11.3 Å². The van der Waals surface area contributed by atoms with Crippen LogP contribution in [0, 0.1) is 0 Å². The zero-order valence-electron chi connectivity index (χ0n) is 10.8.